The summed E-state index contributed by atoms with van der Waals surface area (Å²) < 4.78 is 53.9. The van der Waals surface area contributed by atoms with Crippen molar-refractivity contribution in [1.82, 2.24) is 5.32 Å². The third-order valence-electron chi connectivity index (χ3n) is 6.81. The molecule has 0 aliphatic carbocycles. The fourth-order valence-electron chi connectivity index (χ4n) is 3.95. The Hall–Kier alpha value is -2.28. The third kappa shape index (κ3) is 33.3. The molecule has 0 aromatic rings. The summed E-state index contributed by atoms with van der Waals surface area (Å²) in [6.45, 7) is 16.1. The minimum atomic E-state index is -0.891. The molecule has 0 spiro atoms. The minimum absolute atomic E-state index is 0.0141. The zero-order chi connectivity index (χ0) is 38.0. The number of ether oxygens (including phenoxy) is 10. The van der Waals surface area contributed by atoms with E-state index >= 15 is 0 Å². The van der Waals surface area contributed by atoms with Crippen molar-refractivity contribution in [2.75, 3.05) is 119 Å². The molecule has 2 atom stereocenters. The van der Waals surface area contributed by atoms with E-state index in [-0.39, 0.29) is 43.7 Å². The van der Waals surface area contributed by atoms with Gasteiger partial charge in [-0.05, 0) is 19.3 Å². The second-order valence-electron chi connectivity index (χ2n) is 12.1. The molecule has 0 bridgehead atoms. The van der Waals surface area contributed by atoms with Gasteiger partial charge in [-0.2, -0.15) is 0 Å². The van der Waals surface area contributed by atoms with E-state index in [0.717, 1.165) is 0 Å². The van der Waals surface area contributed by atoms with E-state index in [2.05, 4.69) is 5.32 Å². The smallest absolute Gasteiger partial charge is 0.308 e. The maximum Gasteiger partial charge on any atom is 0.308 e. The number of ketones is 1. The first kappa shape index (κ1) is 48.7. The summed E-state index contributed by atoms with van der Waals surface area (Å²) in [5.41, 5.74) is 0. The molecule has 0 radical (unpaired) electrons. The van der Waals surface area contributed by atoms with Crippen LogP contribution in [0.1, 0.15) is 60.3 Å². The predicted molar refractivity (Wildman–Crippen MR) is 186 cm³/mol. The van der Waals surface area contributed by atoms with Gasteiger partial charge in [-0.25, -0.2) is 0 Å². The first-order valence-electron chi connectivity index (χ1n) is 18.0. The summed E-state index contributed by atoms with van der Waals surface area (Å²) in [7, 11) is 0. The molecule has 0 saturated heterocycles. The van der Waals surface area contributed by atoms with Gasteiger partial charge in [-0.3, -0.25) is 19.2 Å². The number of rotatable bonds is 38. The van der Waals surface area contributed by atoms with Gasteiger partial charge in [-0.1, -0.05) is 27.7 Å². The van der Waals surface area contributed by atoms with Crippen LogP contribution in [-0.2, 0) is 66.5 Å². The van der Waals surface area contributed by atoms with E-state index in [1.807, 2.05) is 13.8 Å². The molecule has 51 heavy (non-hydrogen) atoms. The number of nitrogens with one attached hydrogen (secondary N) is 1. The number of carboxylic acid groups (broad SMARTS) is 1. The van der Waals surface area contributed by atoms with Gasteiger partial charge in [0.2, 0.25) is 5.91 Å². The normalized spacial score (nSPS) is 12.7. The first-order chi connectivity index (χ1) is 24.5. The molecular weight excluding hydrogens is 674 g/mol. The van der Waals surface area contributed by atoms with Crippen molar-refractivity contribution in [3.8, 4) is 0 Å². The molecule has 0 aromatic carbocycles. The number of carboxylic acids is 1. The van der Waals surface area contributed by atoms with Crippen molar-refractivity contribution in [3.63, 3.8) is 0 Å². The lowest BCUT2D eigenvalue weighted by Gasteiger charge is -2.25. The summed E-state index contributed by atoms with van der Waals surface area (Å²) in [5.74, 6) is -1.76. The molecule has 0 rings (SSSR count). The van der Waals surface area contributed by atoms with Gasteiger partial charge in [0.05, 0.1) is 132 Å². The average Bonchev–Trinajstić information content (AvgIpc) is 3.08. The van der Waals surface area contributed by atoms with Crippen LogP contribution in [0.15, 0.2) is 0 Å². The maximum absolute atomic E-state index is 12.7. The Bertz CT molecular complexity index is 874. The topological polar surface area (TPSA) is 193 Å². The van der Waals surface area contributed by atoms with Crippen LogP contribution >= 0.6 is 0 Å². The van der Waals surface area contributed by atoms with E-state index in [0.29, 0.717) is 124 Å². The molecule has 1 amide bonds. The Morgan fingerprint density at radius 2 is 0.824 bits per heavy atom. The van der Waals surface area contributed by atoms with Crippen molar-refractivity contribution >= 4 is 23.6 Å². The van der Waals surface area contributed by atoms with Crippen molar-refractivity contribution < 1.29 is 71.7 Å². The van der Waals surface area contributed by atoms with Crippen LogP contribution in [0.25, 0.3) is 0 Å². The van der Waals surface area contributed by atoms with Gasteiger partial charge in [0, 0.05) is 12.3 Å². The molecule has 300 valence electrons. The van der Waals surface area contributed by atoms with Crippen LogP contribution in [0, 0.1) is 11.8 Å². The third-order valence-corrected chi connectivity index (χ3v) is 6.81. The second kappa shape index (κ2) is 34.8. The van der Waals surface area contributed by atoms with E-state index in [9.17, 15) is 19.2 Å². The van der Waals surface area contributed by atoms with E-state index in [1.165, 1.54) is 0 Å². The summed E-state index contributed by atoms with van der Waals surface area (Å²) in [4.78, 5) is 47.6. The molecule has 0 saturated carbocycles. The van der Waals surface area contributed by atoms with Crippen LogP contribution in [0.4, 0.5) is 0 Å². The summed E-state index contributed by atoms with van der Waals surface area (Å²) >= 11 is 0. The number of carbonyl (C=O) groups is 4. The fourth-order valence-corrected chi connectivity index (χ4v) is 3.95. The first-order valence-corrected chi connectivity index (χ1v) is 18.0. The monoisotopic (exact) mass is 739 g/mol. The summed E-state index contributed by atoms with van der Waals surface area (Å²) in [6, 6.07) is -0.891. The largest absolute Gasteiger partial charge is 0.481 e. The standard InChI is InChI=1S/C35H65NO15/c1-28(2)6-7-31(37)36-34(35(41)29(3)4)30(5)51-33(40)9-11-43-13-15-45-17-19-47-21-23-49-25-27-50-26-24-48-22-20-46-18-16-44-14-12-42-10-8-32(38)39/h28-30,34H,6-27H2,1-5H3,(H,36,37)(H,38,39)/t30?,34-/m0/s1. The van der Waals surface area contributed by atoms with Gasteiger partial charge in [0.15, 0.2) is 5.78 Å². The Morgan fingerprint density at radius 3 is 1.14 bits per heavy atom. The highest BCUT2D eigenvalue weighted by molar-refractivity contribution is 5.91. The van der Waals surface area contributed by atoms with Crippen molar-refractivity contribution in [1.29, 1.82) is 0 Å². The molecular formula is C35H65NO15. The molecule has 0 aliphatic heterocycles. The molecule has 0 fully saturated rings. The van der Waals surface area contributed by atoms with Crippen LogP contribution in [0.3, 0.4) is 0 Å². The molecule has 16 heteroatoms. The number of amides is 1. The number of Topliss-reactive ketones (excluding diaryl/α,β-unsaturated/α-hetero) is 1. The zero-order valence-corrected chi connectivity index (χ0v) is 31.5. The maximum atomic E-state index is 12.7. The van der Waals surface area contributed by atoms with Gasteiger partial charge in [0.25, 0.3) is 0 Å². The van der Waals surface area contributed by atoms with Crippen molar-refractivity contribution in [2.24, 2.45) is 11.8 Å². The molecule has 0 aromatic heterocycles. The Morgan fingerprint density at radius 1 is 0.490 bits per heavy atom. The lowest BCUT2D eigenvalue weighted by atomic mass is 9.97. The number of aliphatic carboxylic acids is 1. The molecule has 1 unspecified atom stereocenters. The van der Waals surface area contributed by atoms with Gasteiger partial charge >= 0.3 is 11.9 Å². The SMILES string of the molecule is CC(C)CCC(=O)N[C@H](C(=O)C(C)C)C(C)OC(=O)CCOCCOCCOCCOCCOCCOCCOCCOCCOCCC(=O)O. The number of carbonyl (C=O) groups excluding carboxylic acids is 3. The molecule has 2 N–H and O–H groups in total. The summed E-state index contributed by atoms with van der Waals surface area (Å²) in [6.07, 6.45) is 0.226. The Kier molecular flexibility index (Phi) is 33.2. The summed E-state index contributed by atoms with van der Waals surface area (Å²) in [5, 5.41) is 11.2. The van der Waals surface area contributed by atoms with Gasteiger partial charge < -0.3 is 57.8 Å². The predicted octanol–water partition coefficient (Wildman–Crippen LogP) is 2.08. The van der Waals surface area contributed by atoms with Crippen molar-refractivity contribution in [3.05, 3.63) is 0 Å². The van der Waals surface area contributed by atoms with Crippen LogP contribution in [0.5, 0.6) is 0 Å². The lowest BCUT2D eigenvalue weighted by molar-refractivity contribution is -0.153. The zero-order valence-electron chi connectivity index (χ0n) is 31.5. The molecule has 0 aliphatic rings. The van der Waals surface area contributed by atoms with Crippen LogP contribution < -0.4 is 5.32 Å². The van der Waals surface area contributed by atoms with Gasteiger partial charge in [0.1, 0.15) is 12.1 Å². The van der Waals surface area contributed by atoms with Gasteiger partial charge in [-0.15, -0.1) is 0 Å². The van der Waals surface area contributed by atoms with E-state index in [1.54, 1.807) is 20.8 Å². The highest BCUT2D eigenvalue weighted by atomic mass is 16.6. The quantitative estimate of drug-likeness (QED) is 0.0690. The number of esters is 1. The Balaban J connectivity index is 3.53. The Labute approximate surface area is 303 Å². The average molecular weight is 740 g/mol. The molecule has 0 heterocycles. The van der Waals surface area contributed by atoms with Crippen LogP contribution in [0.2, 0.25) is 0 Å². The fraction of sp³-hybridized carbons (Fsp3) is 0.886. The highest BCUT2D eigenvalue weighted by Crippen LogP contribution is 2.10. The number of hydrogen-bond acceptors (Lipinski definition) is 14. The minimum Gasteiger partial charge on any atom is -0.481 e. The van der Waals surface area contributed by atoms with E-state index in [4.69, 9.17) is 52.5 Å². The highest BCUT2D eigenvalue weighted by Gasteiger charge is 2.31. The lowest BCUT2D eigenvalue weighted by Crippen LogP contribution is -2.50. The van der Waals surface area contributed by atoms with Crippen molar-refractivity contribution in [2.45, 2.75) is 72.4 Å². The second-order valence-corrected chi connectivity index (χ2v) is 12.1. The molecule has 16 nitrogen and oxygen atoms in total. The van der Waals surface area contributed by atoms with Crippen LogP contribution in [-0.4, -0.2) is 160 Å². The number of hydrogen-bond donors (Lipinski definition) is 2. The van der Waals surface area contributed by atoms with E-state index < -0.39 is 24.1 Å².